The van der Waals surface area contributed by atoms with Gasteiger partial charge in [-0.05, 0) is 56.3 Å². The Morgan fingerprint density at radius 1 is 1.15 bits per heavy atom. The first-order valence-corrected chi connectivity index (χ1v) is 14.3. The average molecular weight is 586 g/mol. The number of piperazine rings is 1. The molecule has 1 aliphatic rings. The number of methoxy groups -OCH3 is 1. The lowest BCUT2D eigenvalue weighted by Gasteiger charge is -2.29. The lowest BCUT2D eigenvalue weighted by atomic mass is 10.0. The predicted octanol–water partition coefficient (Wildman–Crippen LogP) is 5.63. The minimum Gasteiger partial charge on any atom is -0.495 e. The molecular formula is C31H28ClN5O3S. The molecule has 1 saturated heterocycles. The summed E-state index contributed by atoms with van der Waals surface area (Å²) in [5.41, 5.74) is 3.88. The van der Waals surface area contributed by atoms with Gasteiger partial charge in [-0.3, -0.25) is 14.2 Å². The normalized spacial score (nSPS) is 13.0. The van der Waals surface area contributed by atoms with E-state index in [4.69, 9.17) is 21.3 Å². The fourth-order valence-electron chi connectivity index (χ4n) is 4.73. The number of halogens is 1. The lowest BCUT2D eigenvalue weighted by molar-refractivity contribution is 0.0735. The number of nitriles is 1. The molecule has 0 radical (unpaired) electrons. The molecule has 41 heavy (non-hydrogen) atoms. The van der Waals surface area contributed by atoms with Gasteiger partial charge < -0.3 is 15.0 Å². The Balaban J connectivity index is 1.81. The maximum absolute atomic E-state index is 14.4. The zero-order valence-electron chi connectivity index (χ0n) is 22.9. The molecule has 0 atom stereocenters. The van der Waals surface area contributed by atoms with E-state index in [1.807, 2.05) is 37.4 Å². The van der Waals surface area contributed by atoms with Crippen molar-refractivity contribution in [3.8, 4) is 39.3 Å². The SMILES string of the molecule is COc1ccc(C#N)cc1-n1c(C=C(C)C)c(C(=O)N2CCNCC2)cc(-c2nc(-c3ccc(Cl)cc3)cs2)c1=O. The van der Waals surface area contributed by atoms with Gasteiger partial charge in [-0.1, -0.05) is 29.3 Å². The summed E-state index contributed by atoms with van der Waals surface area (Å²) in [6, 6.07) is 16.0. The molecule has 3 heterocycles. The van der Waals surface area contributed by atoms with Crippen LogP contribution in [-0.2, 0) is 0 Å². The van der Waals surface area contributed by atoms with E-state index < -0.39 is 0 Å². The number of aromatic nitrogens is 2. The fourth-order valence-corrected chi connectivity index (χ4v) is 5.70. The number of nitrogens with zero attached hydrogens (tertiary/aromatic N) is 4. The maximum Gasteiger partial charge on any atom is 0.266 e. The topological polar surface area (TPSA) is 100 Å². The summed E-state index contributed by atoms with van der Waals surface area (Å²) >= 11 is 7.39. The summed E-state index contributed by atoms with van der Waals surface area (Å²) in [5, 5.41) is 15.9. The minimum absolute atomic E-state index is 0.182. The van der Waals surface area contributed by atoms with Crippen LogP contribution >= 0.6 is 22.9 Å². The molecule has 0 saturated carbocycles. The zero-order valence-corrected chi connectivity index (χ0v) is 24.5. The van der Waals surface area contributed by atoms with Crippen LogP contribution in [0.25, 0.3) is 33.6 Å². The molecule has 5 rings (SSSR count). The molecular weight excluding hydrogens is 558 g/mol. The third kappa shape index (κ3) is 5.81. The Kier molecular flexibility index (Phi) is 8.36. The van der Waals surface area contributed by atoms with E-state index in [0.29, 0.717) is 70.2 Å². The third-order valence-corrected chi connectivity index (χ3v) is 7.85. The molecule has 8 nitrogen and oxygen atoms in total. The Morgan fingerprint density at radius 3 is 2.54 bits per heavy atom. The average Bonchev–Trinajstić information content (AvgIpc) is 3.47. The number of pyridine rings is 1. The first-order valence-electron chi connectivity index (χ1n) is 13.1. The van der Waals surface area contributed by atoms with Crippen molar-refractivity contribution in [2.24, 2.45) is 0 Å². The molecule has 4 aromatic rings. The van der Waals surface area contributed by atoms with Crippen LogP contribution < -0.4 is 15.6 Å². The number of hydrogen-bond donors (Lipinski definition) is 1. The van der Waals surface area contributed by atoms with Crippen molar-refractivity contribution in [1.82, 2.24) is 19.8 Å². The van der Waals surface area contributed by atoms with Crippen molar-refractivity contribution in [3.63, 3.8) is 0 Å². The lowest BCUT2D eigenvalue weighted by Crippen LogP contribution is -2.47. The molecule has 2 aromatic carbocycles. The van der Waals surface area contributed by atoms with Gasteiger partial charge >= 0.3 is 0 Å². The van der Waals surface area contributed by atoms with Crippen LogP contribution in [0.1, 0.15) is 35.5 Å². The third-order valence-electron chi connectivity index (χ3n) is 6.72. The Morgan fingerprint density at radius 2 is 1.88 bits per heavy atom. The molecule has 1 N–H and O–H groups in total. The highest BCUT2D eigenvalue weighted by Gasteiger charge is 2.27. The largest absolute Gasteiger partial charge is 0.495 e. The number of thiazole rings is 1. The molecule has 2 aromatic heterocycles. The number of ether oxygens (including phenoxy) is 1. The van der Waals surface area contributed by atoms with Crippen molar-refractivity contribution in [1.29, 1.82) is 5.26 Å². The fraction of sp³-hybridized carbons (Fsp3) is 0.226. The van der Waals surface area contributed by atoms with E-state index in [1.54, 1.807) is 41.3 Å². The monoisotopic (exact) mass is 585 g/mol. The molecule has 0 aliphatic carbocycles. The molecule has 208 valence electrons. The van der Waals surface area contributed by atoms with E-state index in [9.17, 15) is 14.9 Å². The van der Waals surface area contributed by atoms with Gasteiger partial charge in [-0.25, -0.2) is 4.98 Å². The summed E-state index contributed by atoms with van der Waals surface area (Å²) in [4.78, 5) is 35.0. The van der Waals surface area contributed by atoms with Crippen LogP contribution in [0.2, 0.25) is 5.02 Å². The molecule has 1 aliphatic heterocycles. The number of amides is 1. The number of nitrogens with one attached hydrogen (secondary N) is 1. The second kappa shape index (κ2) is 12.1. The molecule has 10 heteroatoms. The predicted molar refractivity (Wildman–Crippen MR) is 163 cm³/mol. The van der Waals surface area contributed by atoms with Gasteiger partial charge in [0.15, 0.2) is 0 Å². The van der Waals surface area contributed by atoms with Crippen LogP contribution in [-0.4, -0.2) is 53.6 Å². The molecule has 1 amide bonds. The zero-order chi connectivity index (χ0) is 29.1. The van der Waals surface area contributed by atoms with Crippen molar-refractivity contribution in [2.45, 2.75) is 13.8 Å². The highest BCUT2D eigenvalue weighted by Crippen LogP contribution is 2.32. The minimum atomic E-state index is -0.375. The van der Waals surface area contributed by atoms with E-state index in [2.05, 4.69) is 11.4 Å². The number of benzene rings is 2. The van der Waals surface area contributed by atoms with E-state index >= 15 is 0 Å². The van der Waals surface area contributed by atoms with Crippen LogP contribution in [0.3, 0.4) is 0 Å². The van der Waals surface area contributed by atoms with E-state index in [0.717, 1.165) is 11.1 Å². The van der Waals surface area contributed by atoms with Gasteiger partial charge in [-0.2, -0.15) is 5.26 Å². The van der Waals surface area contributed by atoms with Gasteiger partial charge in [0.25, 0.3) is 11.5 Å². The van der Waals surface area contributed by atoms with Crippen molar-refractivity contribution in [3.05, 3.63) is 91.7 Å². The standard InChI is InChI=1S/C31H28ClN5O3S/c1-19(2)14-26-23(30(38)36-12-10-34-11-13-36)16-24(29-35-25(18-41-29)21-5-7-22(32)8-6-21)31(39)37(26)27-15-20(17-33)4-9-28(27)40-3/h4-9,14-16,18,34H,10-13H2,1-3H3. The van der Waals surface area contributed by atoms with Gasteiger partial charge in [0.2, 0.25) is 0 Å². The van der Waals surface area contributed by atoms with Crippen molar-refractivity contribution in [2.75, 3.05) is 33.3 Å². The second-order valence-electron chi connectivity index (χ2n) is 9.80. The summed E-state index contributed by atoms with van der Waals surface area (Å²) in [5.74, 6) is 0.215. The summed E-state index contributed by atoms with van der Waals surface area (Å²) in [6.45, 7) is 6.28. The highest BCUT2D eigenvalue weighted by atomic mass is 35.5. The van der Waals surface area contributed by atoms with Gasteiger partial charge in [0.1, 0.15) is 10.8 Å². The summed E-state index contributed by atoms with van der Waals surface area (Å²) in [7, 11) is 1.51. The van der Waals surface area contributed by atoms with Gasteiger partial charge in [-0.15, -0.1) is 11.3 Å². The van der Waals surface area contributed by atoms with Crippen molar-refractivity contribution < 1.29 is 9.53 Å². The van der Waals surface area contributed by atoms with Crippen molar-refractivity contribution >= 4 is 34.9 Å². The van der Waals surface area contributed by atoms with Gasteiger partial charge in [0.05, 0.1) is 46.9 Å². The van der Waals surface area contributed by atoms with Crippen LogP contribution in [0.4, 0.5) is 0 Å². The van der Waals surface area contributed by atoms with Crippen LogP contribution in [0.15, 0.2) is 64.3 Å². The highest BCUT2D eigenvalue weighted by molar-refractivity contribution is 7.13. The van der Waals surface area contributed by atoms with E-state index in [1.165, 1.54) is 23.0 Å². The smallest absolute Gasteiger partial charge is 0.266 e. The number of hydrogen-bond acceptors (Lipinski definition) is 7. The number of carbonyl (C=O) groups is 1. The molecule has 0 spiro atoms. The Labute approximate surface area is 247 Å². The first-order chi connectivity index (χ1) is 19.8. The van der Waals surface area contributed by atoms with E-state index in [-0.39, 0.29) is 17.0 Å². The summed E-state index contributed by atoms with van der Waals surface area (Å²) < 4.78 is 7.10. The molecule has 0 bridgehead atoms. The number of carbonyl (C=O) groups excluding carboxylic acids is 1. The maximum atomic E-state index is 14.4. The quantitative estimate of drug-likeness (QED) is 0.315. The second-order valence-corrected chi connectivity index (χ2v) is 11.1. The Bertz CT molecular complexity index is 1740. The van der Waals surface area contributed by atoms with Crippen LogP contribution in [0.5, 0.6) is 5.75 Å². The van der Waals surface area contributed by atoms with Crippen LogP contribution in [0, 0.1) is 11.3 Å². The number of allylic oxidation sites excluding steroid dienone is 1. The summed E-state index contributed by atoms with van der Waals surface area (Å²) in [6.07, 6.45) is 1.82. The molecule has 1 fully saturated rings. The Hall–Kier alpha value is -4.23. The molecule has 0 unspecified atom stereocenters. The van der Waals surface area contributed by atoms with Gasteiger partial charge in [0, 0.05) is 42.1 Å². The number of rotatable bonds is 6. The first kappa shape index (κ1) is 28.3.